The van der Waals surface area contributed by atoms with E-state index in [0.29, 0.717) is 5.92 Å². The minimum absolute atomic E-state index is 0.429. The maximum absolute atomic E-state index is 10.6. The van der Waals surface area contributed by atoms with Crippen LogP contribution in [0.1, 0.15) is 30.3 Å². The normalized spacial score (nSPS) is 15.1. The van der Waals surface area contributed by atoms with Crippen molar-refractivity contribution in [2.45, 2.75) is 31.5 Å². The zero-order chi connectivity index (χ0) is 24.1. The molecule has 1 aromatic carbocycles. The lowest BCUT2D eigenvalue weighted by Gasteiger charge is -2.29. The number of nitrogens with zero attached hydrogens (tertiary/aromatic N) is 4. The first-order chi connectivity index (χ1) is 16.3. The first-order valence-electron chi connectivity index (χ1n) is 10.8. The van der Waals surface area contributed by atoms with E-state index in [-0.39, 0.29) is 0 Å². The summed E-state index contributed by atoms with van der Waals surface area (Å²) in [6.45, 7) is 2.99. The Kier molecular flexibility index (Phi) is 6.97. The van der Waals surface area contributed by atoms with Gasteiger partial charge in [0.25, 0.3) is 0 Å². The predicted octanol–water partition coefficient (Wildman–Crippen LogP) is 5.00. The number of fused-ring (bicyclic) bond motifs is 1. The number of furan rings is 1. The molecule has 0 spiro atoms. The Balaban J connectivity index is 0.000000344. The van der Waals surface area contributed by atoms with Gasteiger partial charge in [-0.1, -0.05) is 30.3 Å². The summed E-state index contributed by atoms with van der Waals surface area (Å²) in [5.41, 5.74) is 3.28. The van der Waals surface area contributed by atoms with Crippen LogP contribution in [0.3, 0.4) is 0 Å². The molecule has 4 aromatic rings. The number of likely N-dealkylation sites (tertiary alicyclic amines) is 1. The molecular weight excluding hydrogens is 449 g/mol. The van der Waals surface area contributed by atoms with Crippen LogP contribution in [0.2, 0.25) is 0 Å². The number of aliphatic carboxylic acids is 1. The van der Waals surface area contributed by atoms with Crippen LogP contribution < -0.4 is 0 Å². The van der Waals surface area contributed by atoms with E-state index in [0.717, 1.165) is 55.3 Å². The van der Waals surface area contributed by atoms with Crippen molar-refractivity contribution in [1.82, 2.24) is 19.5 Å². The minimum atomic E-state index is -5.08. The molecule has 178 valence electrons. The van der Waals surface area contributed by atoms with Crippen molar-refractivity contribution in [2.75, 3.05) is 13.1 Å². The largest absolute Gasteiger partial charge is 0.490 e. The Morgan fingerprint density at radius 2 is 1.74 bits per heavy atom. The van der Waals surface area contributed by atoms with Gasteiger partial charge in [0.1, 0.15) is 5.76 Å². The topological polar surface area (TPSA) is 83.9 Å². The molecule has 4 heterocycles. The maximum Gasteiger partial charge on any atom is 0.490 e. The molecule has 1 aliphatic heterocycles. The van der Waals surface area contributed by atoms with Crippen molar-refractivity contribution in [1.29, 1.82) is 0 Å². The number of carbonyl (C=O) groups is 1. The summed E-state index contributed by atoms with van der Waals surface area (Å²) in [7, 11) is 0. The number of hydrogen-bond acceptors (Lipinski definition) is 5. The summed E-state index contributed by atoms with van der Waals surface area (Å²) >= 11 is 0. The molecule has 0 amide bonds. The van der Waals surface area contributed by atoms with Gasteiger partial charge in [0, 0.05) is 17.7 Å². The molecule has 0 unspecified atom stereocenters. The van der Waals surface area contributed by atoms with E-state index in [2.05, 4.69) is 47.5 Å². The van der Waals surface area contributed by atoms with Crippen LogP contribution in [0.5, 0.6) is 0 Å². The number of benzene rings is 1. The molecule has 7 nitrogen and oxygen atoms in total. The molecular formula is C24H23F3N4O3. The van der Waals surface area contributed by atoms with Crippen LogP contribution >= 0.6 is 0 Å². The van der Waals surface area contributed by atoms with Gasteiger partial charge in [-0.05, 0) is 55.8 Å². The predicted molar refractivity (Wildman–Crippen MR) is 118 cm³/mol. The number of carboxylic acid groups (broad SMARTS) is 1. The first kappa shape index (κ1) is 23.5. The highest BCUT2D eigenvalue weighted by atomic mass is 19.4. The number of halogens is 3. The number of carboxylic acids is 1. The zero-order valence-corrected chi connectivity index (χ0v) is 18.2. The minimum Gasteiger partial charge on any atom is -0.475 e. The highest BCUT2D eigenvalue weighted by Gasteiger charge is 2.38. The van der Waals surface area contributed by atoms with Gasteiger partial charge >= 0.3 is 12.1 Å². The average molecular weight is 472 g/mol. The van der Waals surface area contributed by atoms with E-state index in [9.17, 15) is 13.2 Å². The molecule has 1 aliphatic rings. The van der Waals surface area contributed by atoms with E-state index in [1.165, 1.54) is 5.56 Å². The number of pyridine rings is 1. The van der Waals surface area contributed by atoms with E-state index in [4.69, 9.17) is 24.4 Å². The number of alkyl halides is 3. The second-order valence-corrected chi connectivity index (χ2v) is 7.99. The average Bonchev–Trinajstić information content (AvgIpc) is 3.49. The van der Waals surface area contributed by atoms with Crippen LogP contribution in [0.15, 0.2) is 71.5 Å². The van der Waals surface area contributed by atoms with E-state index < -0.39 is 12.1 Å². The summed E-state index contributed by atoms with van der Waals surface area (Å²) in [5.74, 6) is -0.323. The van der Waals surface area contributed by atoms with Crippen molar-refractivity contribution < 1.29 is 27.5 Å². The van der Waals surface area contributed by atoms with E-state index >= 15 is 0 Å². The lowest BCUT2D eigenvalue weighted by Crippen LogP contribution is -2.32. The molecule has 0 atom stereocenters. The van der Waals surface area contributed by atoms with Crippen LogP contribution in [0.4, 0.5) is 13.2 Å². The lowest BCUT2D eigenvalue weighted by atomic mass is 9.96. The molecule has 10 heteroatoms. The quantitative estimate of drug-likeness (QED) is 0.450. The fourth-order valence-electron chi connectivity index (χ4n) is 3.85. The van der Waals surface area contributed by atoms with Gasteiger partial charge in [0.2, 0.25) is 0 Å². The SMILES string of the molecule is O=C(O)C(F)(F)F.c1ccc(-c2ccc3nc(C4CCN(Cc5ccco5)CC4)nn3c2)cc1. The Labute approximate surface area is 193 Å². The summed E-state index contributed by atoms with van der Waals surface area (Å²) in [6.07, 6.45) is 0.909. The van der Waals surface area contributed by atoms with Gasteiger partial charge in [-0.2, -0.15) is 18.3 Å². The van der Waals surface area contributed by atoms with Crippen molar-refractivity contribution >= 4 is 11.6 Å². The Bertz CT molecular complexity index is 1220. The van der Waals surface area contributed by atoms with E-state index in [1.807, 2.05) is 22.7 Å². The Morgan fingerprint density at radius 1 is 1.03 bits per heavy atom. The molecule has 0 bridgehead atoms. The summed E-state index contributed by atoms with van der Waals surface area (Å²) in [6, 6.07) is 18.6. The molecule has 1 N–H and O–H groups in total. The molecule has 3 aromatic heterocycles. The molecule has 0 aliphatic carbocycles. The number of aromatic nitrogens is 3. The molecule has 0 saturated carbocycles. The molecule has 34 heavy (non-hydrogen) atoms. The van der Waals surface area contributed by atoms with Gasteiger partial charge in [0.15, 0.2) is 11.5 Å². The second kappa shape index (κ2) is 10.1. The molecule has 5 rings (SSSR count). The highest BCUT2D eigenvalue weighted by Crippen LogP contribution is 2.27. The Hall–Kier alpha value is -3.66. The van der Waals surface area contributed by atoms with Crippen LogP contribution in [0, 0.1) is 0 Å². The number of rotatable bonds is 4. The van der Waals surface area contributed by atoms with Gasteiger partial charge in [-0.25, -0.2) is 14.3 Å². The van der Waals surface area contributed by atoms with Gasteiger partial charge in [-0.3, -0.25) is 4.90 Å². The summed E-state index contributed by atoms with van der Waals surface area (Å²) in [4.78, 5) is 16.1. The first-order valence-corrected chi connectivity index (χ1v) is 10.8. The number of hydrogen-bond donors (Lipinski definition) is 1. The molecule has 1 fully saturated rings. The monoisotopic (exact) mass is 472 g/mol. The third-order valence-electron chi connectivity index (χ3n) is 5.61. The number of piperidine rings is 1. The van der Waals surface area contributed by atoms with Crippen LogP contribution in [-0.2, 0) is 11.3 Å². The fourth-order valence-corrected chi connectivity index (χ4v) is 3.85. The van der Waals surface area contributed by atoms with Gasteiger partial charge in [0.05, 0.1) is 12.8 Å². The summed E-state index contributed by atoms with van der Waals surface area (Å²) < 4.78 is 39.1. The third kappa shape index (κ3) is 5.82. The summed E-state index contributed by atoms with van der Waals surface area (Å²) in [5, 5.41) is 11.9. The highest BCUT2D eigenvalue weighted by molar-refractivity contribution is 5.73. The second-order valence-electron chi connectivity index (χ2n) is 7.99. The van der Waals surface area contributed by atoms with Crippen LogP contribution in [0.25, 0.3) is 16.8 Å². The fraction of sp³-hybridized carbons (Fsp3) is 0.292. The van der Waals surface area contributed by atoms with Crippen LogP contribution in [-0.4, -0.2) is 49.8 Å². The smallest absolute Gasteiger partial charge is 0.475 e. The standard InChI is InChI=1S/C22H22N4O.C2HF3O2/c1-2-5-17(6-3-1)19-8-9-21-23-22(24-26(21)15-19)18-10-12-25(13-11-18)16-20-7-4-14-27-20;3-2(4,5)1(6)7/h1-9,14-15,18H,10-13,16H2;(H,6,7). The molecule has 0 radical (unpaired) electrons. The van der Waals surface area contributed by atoms with Crippen molar-refractivity contribution in [2.24, 2.45) is 0 Å². The molecule has 1 saturated heterocycles. The Morgan fingerprint density at radius 3 is 2.35 bits per heavy atom. The van der Waals surface area contributed by atoms with E-state index in [1.54, 1.807) is 6.26 Å². The lowest BCUT2D eigenvalue weighted by molar-refractivity contribution is -0.192. The zero-order valence-electron chi connectivity index (χ0n) is 18.2. The van der Waals surface area contributed by atoms with Crippen molar-refractivity contribution in [3.05, 3.63) is 78.6 Å². The van der Waals surface area contributed by atoms with Gasteiger partial charge in [-0.15, -0.1) is 0 Å². The maximum atomic E-state index is 10.6. The van der Waals surface area contributed by atoms with Crippen molar-refractivity contribution in [3.8, 4) is 11.1 Å². The van der Waals surface area contributed by atoms with Crippen molar-refractivity contribution in [3.63, 3.8) is 0 Å². The van der Waals surface area contributed by atoms with Gasteiger partial charge < -0.3 is 9.52 Å². The third-order valence-corrected chi connectivity index (χ3v) is 5.61.